The number of aliphatic hydroxyl groups excluding tert-OH is 1. The van der Waals surface area contributed by atoms with Crippen molar-refractivity contribution < 1.29 is 14.8 Å². The number of rotatable bonds is 8. The molecule has 0 fully saturated rings. The third-order valence-electron chi connectivity index (χ3n) is 3.21. The summed E-state index contributed by atoms with van der Waals surface area (Å²) >= 11 is 5.78. The zero-order chi connectivity index (χ0) is 18.2. The number of nitrogens with one attached hydrogen (secondary N) is 3. The van der Waals surface area contributed by atoms with Crippen LogP contribution in [-0.2, 0) is 4.79 Å². The van der Waals surface area contributed by atoms with Gasteiger partial charge < -0.3 is 21.1 Å². The average Bonchev–Trinajstić information content (AvgIpc) is 2.60. The van der Waals surface area contributed by atoms with Gasteiger partial charge in [-0.1, -0.05) is 11.6 Å². The molecule has 0 unspecified atom stereocenters. The first-order valence-corrected chi connectivity index (χ1v) is 7.80. The summed E-state index contributed by atoms with van der Waals surface area (Å²) in [6, 6.07) is 10.8. The molecule has 2 aromatic rings. The van der Waals surface area contributed by atoms with Crippen molar-refractivity contribution in [3.63, 3.8) is 0 Å². The van der Waals surface area contributed by atoms with Gasteiger partial charge in [0.1, 0.15) is 0 Å². The van der Waals surface area contributed by atoms with Crippen LogP contribution < -0.4 is 16.0 Å². The molecule has 0 radical (unpaired) electrons. The predicted molar refractivity (Wildman–Crippen MR) is 97.2 cm³/mol. The lowest BCUT2D eigenvalue weighted by Crippen LogP contribution is -2.22. The highest BCUT2D eigenvalue weighted by molar-refractivity contribution is 6.30. The largest absolute Gasteiger partial charge is 0.395 e. The van der Waals surface area contributed by atoms with Crippen molar-refractivity contribution in [2.45, 2.75) is 0 Å². The lowest BCUT2D eigenvalue weighted by molar-refractivity contribution is -0.384. The number of nitro groups is 1. The summed E-state index contributed by atoms with van der Waals surface area (Å²) in [7, 11) is 0. The van der Waals surface area contributed by atoms with Crippen LogP contribution in [0.3, 0.4) is 0 Å². The van der Waals surface area contributed by atoms with E-state index in [1.165, 1.54) is 18.2 Å². The Bertz CT molecular complexity index is 752. The Kier molecular flexibility index (Phi) is 6.55. The van der Waals surface area contributed by atoms with Gasteiger partial charge in [0.2, 0.25) is 5.91 Å². The topological polar surface area (TPSA) is 117 Å². The molecule has 0 saturated carbocycles. The highest BCUT2D eigenvalue weighted by Gasteiger charge is 2.12. The number of hydrogen-bond donors (Lipinski definition) is 4. The van der Waals surface area contributed by atoms with Crippen molar-refractivity contribution in [2.75, 3.05) is 35.6 Å². The highest BCUT2D eigenvalue weighted by atomic mass is 35.5. The van der Waals surface area contributed by atoms with Gasteiger partial charge in [-0.3, -0.25) is 14.9 Å². The maximum absolute atomic E-state index is 12.0. The molecular formula is C16H17ClN4O4. The number of amides is 1. The van der Waals surface area contributed by atoms with Crippen molar-refractivity contribution in [2.24, 2.45) is 0 Å². The van der Waals surface area contributed by atoms with E-state index in [1.54, 1.807) is 24.3 Å². The molecular weight excluding hydrogens is 348 g/mol. The fourth-order valence-electron chi connectivity index (χ4n) is 2.05. The zero-order valence-corrected chi connectivity index (χ0v) is 13.9. The van der Waals surface area contributed by atoms with Crippen molar-refractivity contribution in [3.8, 4) is 0 Å². The maximum atomic E-state index is 12.0. The molecule has 2 aromatic carbocycles. The van der Waals surface area contributed by atoms with E-state index in [9.17, 15) is 14.9 Å². The molecule has 1 amide bonds. The fourth-order valence-corrected chi connectivity index (χ4v) is 2.18. The Hall–Kier alpha value is -2.84. The monoisotopic (exact) mass is 364 g/mol. The van der Waals surface area contributed by atoms with Gasteiger partial charge in [0, 0.05) is 29.4 Å². The summed E-state index contributed by atoms with van der Waals surface area (Å²) in [5.74, 6) is -0.318. The minimum Gasteiger partial charge on any atom is -0.395 e. The van der Waals surface area contributed by atoms with Gasteiger partial charge >= 0.3 is 0 Å². The Morgan fingerprint density at radius 1 is 1.12 bits per heavy atom. The molecule has 0 atom stereocenters. The third-order valence-corrected chi connectivity index (χ3v) is 3.46. The molecule has 0 aromatic heterocycles. The van der Waals surface area contributed by atoms with Crippen molar-refractivity contribution in [1.29, 1.82) is 0 Å². The van der Waals surface area contributed by atoms with E-state index < -0.39 is 4.92 Å². The Balaban J connectivity index is 2.04. The van der Waals surface area contributed by atoms with Gasteiger partial charge in [-0.05, 0) is 30.3 Å². The van der Waals surface area contributed by atoms with Crippen LogP contribution in [0.1, 0.15) is 0 Å². The number of carbonyl (C=O) groups is 1. The molecule has 0 saturated heterocycles. The Labute approximate surface area is 149 Å². The summed E-state index contributed by atoms with van der Waals surface area (Å²) < 4.78 is 0. The maximum Gasteiger partial charge on any atom is 0.271 e. The molecule has 4 N–H and O–H groups in total. The molecule has 8 nitrogen and oxygen atoms in total. The van der Waals surface area contributed by atoms with E-state index in [0.717, 1.165) is 0 Å². The first kappa shape index (κ1) is 18.5. The second-order valence-corrected chi connectivity index (χ2v) is 5.48. The van der Waals surface area contributed by atoms with Crippen molar-refractivity contribution in [1.82, 2.24) is 0 Å². The van der Waals surface area contributed by atoms with Crippen LogP contribution in [0.4, 0.5) is 22.7 Å². The average molecular weight is 365 g/mol. The van der Waals surface area contributed by atoms with E-state index in [-0.39, 0.29) is 31.3 Å². The SMILES string of the molecule is O=C(CNc1cc([N+](=O)[O-])ccc1NCCO)Nc1ccc(Cl)cc1. The number of nitro benzene ring substituents is 1. The molecule has 132 valence electrons. The molecule has 0 bridgehead atoms. The summed E-state index contributed by atoms with van der Waals surface area (Å²) in [5.41, 5.74) is 1.44. The second-order valence-electron chi connectivity index (χ2n) is 5.05. The minimum absolute atomic E-state index is 0.0857. The molecule has 9 heteroatoms. The third kappa shape index (κ3) is 5.63. The van der Waals surface area contributed by atoms with Crippen molar-refractivity contribution in [3.05, 3.63) is 57.6 Å². The standard InChI is InChI=1S/C16H17ClN4O4/c17-11-1-3-12(4-2-11)20-16(23)10-19-15-9-13(21(24)25)5-6-14(15)18-7-8-22/h1-6,9,18-19,22H,7-8,10H2,(H,20,23). The highest BCUT2D eigenvalue weighted by Crippen LogP contribution is 2.26. The quantitative estimate of drug-likeness (QED) is 0.422. The van der Waals surface area contributed by atoms with Gasteiger partial charge in [0.05, 0.1) is 29.4 Å². The van der Waals surface area contributed by atoms with Gasteiger partial charge in [0.15, 0.2) is 0 Å². The summed E-state index contributed by atoms with van der Waals surface area (Å²) in [4.78, 5) is 22.4. The van der Waals surface area contributed by atoms with Crippen LogP contribution in [0, 0.1) is 10.1 Å². The van der Waals surface area contributed by atoms with E-state index in [2.05, 4.69) is 16.0 Å². The van der Waals surface area contributed by atoms with Gasteiger partial charge in [0.25, 0.3) is 5.69 Å². The molecule has 0 aliphatic heterocycles. The number of non-ortho nitro benzene ring substituents is 1. The lowest BCUT2D eigenvalue weighted by atomic mass is 10.2. The molecule has 2 rings (SSSR count). The van der Waals surface area contributed by atoms with E-state index >= 15 is 0 Å². The molecule has 0 aliphatic rings. The van der Waals surface area contributed by atoms with E-state index in [4.69, 9.17) is 16.7 Å². The Morgan fingerprint density at radius 3 is 2.48 bits per heavy atom. The van der Waals surface area contributed by atoms with Crippen LogP contribution >= 0.6 is 11.6 Å². The second kappa shape index (κ2) is 8.86. The van der Waals surface area contributed by atoms with Crippen molar-refractivity contribution >= 4 is 40.3 Å². The first-order chi connectivity index (χ1) is 12.0. The number of halogens is 1. The van der Waals surface area contributed by atoms with Crippen LogP contribution in [-0.4, -0.2) is 35.6 Å². The number of benzene rings is 2. The molecule has 0 aliphatic carbocycles. The summed E-state index contributed by atoms with van der Waals surface area (Å²) in [6.07, 6.45) is 0. The number of carbonyl (C=O) groups excluding carboxylic acids is 1. The normalized spacial score (nSPS) is 10.2. The van der Waals surface area contributed by atoms with Crippen LogP contribution in [0.25, 0.3) is 0 Å². The first-order valence-electron chi connectivity index (χ1n) is 7.42. The number of aliphatic hydroxyl groups is 1. The minimum atomic E-state index is -0.519. The van der Waals surface area contributed by atoms with Crippen LogP contribution in [0.2, 0.25) is 5.02 Å². The van der Waals surface area contributed by atoms with Gasteiger partial charge in [-0.15, -0.1) is 0 Å². The van der Waals surface area contributed by atoms with Gasteiger partial charge in [-0.2, -0.15) is 0 Å². The predicted octanol–water partition coefficient (Wildman–Crippen LogP) is 2.70. The fraction of sp³-hybridized carbons (Fsp3) is 0.188. The molecule has 25 heavy (non-hydrogen) atoms. The van der Waals surface area contributed by atoms with E-state index in [0.29, 0.717) is 22.1 Å². The molecule has 0 heterocycles. The summed E-state index contributed by atoms with van der Waals surface area (Å²) in [5, 5.41) is 28.8. The van der Waals surface area contributed by atoms with Crippen LogP contribution in [0.15, 0.2) is 42.5 Å². The number of anilines is 3. The van der Waals surface area contributed by atoms with Gasteiger partial charge in [-0.25, -0.2) is 0 Å². The lowest BCUT2D eigenvalue weighted by Gasteiger charge is -2.13. The van der Waals surface area contributed by atoms with Crippen LogP contribution in [0.5, 0.6) is 0 Å². The molecule has 0 spiro atoms. The number of nitrogens with zero attached hydrogens (tertiary/aromatic N) is 1. The Morgan fingerprint density at radius 2 is 1.84 bits per heavy atom. The van der Waals surface area contributed by atoms with E-state index in [1.807, 2.05) is 0 Å². The zero-order valence-electron chi connectivity index (χ0n) is 13.2. The summed E-state index contributed by atoms with van der Waals surface area (Å²) in [6.45, 7) is 0.106. The number of hydrogen-bond acceptors (Lipinski definition) is 6. The smallest absolute Gasteiger partial charge is 0.271 e.